The number of aryl methyl sites for hydroxylation is 2. The number of rotatable bonds is 11. The van der Waals surface area contributed by atoms with Gasteiger partial charge in [-0.1, -0.05) is 23.7 Å². The van der Waals surface area contributed by atoms with Gasteiger partial charge in [0.1, 0.15) is 12.3 Å². The Hall–Kier alpha value is -2.92. The molecule has 3 aromatic rings. The quantitative estimate of drug-likeness (QED) is 0.285. The molecular weight excluding hydrogens is 508 g/mol. The molecule has 36 heavy (non-hydrogen) atoms. The predicted molar refractivity (Wildman–Crippen MR) is 136 cm³/mol. The topological polar surface area (TPSA) is 124 Å². The molecule has 0 radical (unpaired) electrons. The van der Waals surface area contributed by atoms with Gasteiger partial charge < -0.3 is 24.5 Å². The molecule has 2 aromatic carbocycles. The number of aromatic nitrogens is 1. The summed E-state index contributed by atoms with van der Waals surface area (Å²) in [7, 11) is -2.11. The molecule has 1 aromatic heterocycles. The number of halogens is 1. The number of hydrogen-bond acceptors (Lipinski definition) is 7. The zero-order valence-electron chi connectivity index (χ0n) is 20.3. The summed E-state index contributed by atoms with van der Waals surface area (Å²) >= 11 is 6.34. The lowest BCUT2D eigenvalue weighted by Crippen LogP contribution is -2.28. The summed E-state index contributed by atoms with van der Waals surface area (Å²) in [4.78, 5) is 24.8. The minimum atomic E-state index is -3.90. The highest BCUT2D eigenvalue weighted by Gasteiger charge is 2.22. The second-order valence-electron chi connectivity index (χ2n) is 8.35. The molecule has 0 aliphatic rings. The van der Waals surface area contributed by atoms with E-state index in [1.54, 1.807) is 36.7 Å². The van der Waals surface area contributed by atoms with Crippen LogP contribution in [-0.2, 0) is 31.2 Å². The van der Waals surface area contributed by atoms with Crippen molar-refractivity contribution in [3.05, 3.63) is 64.3 Å². The van der Waals surface area contributed by atoms with Crippen LogP contribution in [0.2, 0.25) is 5.02 Å². The minimum absolute atomic E-state index is 0.0306. The third-order valence-electron chi connectivity index (χ3n) is 5.61. The maximum Gasteiger partial charge on any atom is 0.321 e. The number of sulfone groups is 1. The highest BCUT2D eigenvalue weighted by molar-refractivity contribution is 7.92. The Morgan fingerprint density at radius 3 is 2.47 bits per heavy atom. The fraction of sp³-hybridized carbons (Fsp3) is 0.360. The second-order valence-corrected chi connectivity index (χ2v) is 10.7. The smallest absolute Gasteiger partial charge is 0.321 e. The molecule has 0 saturated heterocycles. The summed E-state index contributed by atoms with van der Waals surface area (Å²) in [6, 6.07) is 11.1. The van der Waals surface area contributed by atoms with E-state index in [0.29, 0.717) is 16.3 Å². The van der Waals surface area contributed by atoms with Crippen LogP contribution in [0.5, 0.6) is 0 Å². The van der Waals surface area contributed by atoms with Crippen LogP contribution in [0.1, 0.15) is 34.6 Å². The molecule has 1 atom stereocenters. The number of amides is 1. The number of nitrogens with zero attached hydrogens (tertiary/aromatic N) is 1. The van der Waals surface area contributed by atoms with Gasteiger partial charge in [-0.25, -0.2) is 8.42 Å². The van der Waals surface area contributed by atoms with Crippen LogP contribution in [-0.4, -0.2) is 62.1 Å². The number of carbonyl (C=O) groups is 2. The van der Waals surface area contributed by atoms with E-state index in [1.807, 2.05) is 19.1 Å². The third-order valence-corrected chi connectivity index (χ3v) is 7.53. The van der Waals surface area contributed by atoms with E-state index in [9.17, 15) is 18.0 Å². The molecule has 3 rings (SSSR count). The summed E-state index contributed by atoms with van der Waals surface area (Å²) in [5.41, 5.74) is 2.98. The molecule has 1 heterocycles. The number of hydrogen-bond donors (Lipinski definition) is 2. The highest BCUT2D eigenvalue weighted by Crippen LogP contribution is 2.28. The first kappa shape index (κ1) is 27.7. The molecule has 0 aliphatic heterocycles. The number of fused-ring (bicyclic) bond motifs is 1. The van der Waals surface area contributed by atoms with E-state index in [-0.39, 0.29) is 37.2 Å². The van der Waals surface area contributed by atoms with Gasteiger partial charge in [-0.3, -0.25) is 9.59 Å². The molecule has 0 bridgehead atoms. The van der Waals surface area contributed by atoms with Crippen LogP contribution in [0.25, 0.3) is 10.9 Å². The second kappa shape index (κ2) is 11.9. The molecule has 0 fully saturated rings. The summed E-state index contributed by atoms with van der Waals surface area (Å²) in [5, 5.41) is 12.9. The van der Waals surface area contributed by atoms with Crippen molar-refractivity contribution in [2.45, 2.75) is 24.8 Å². The monoisotopic (exact) mass is 536 g/mol. The van der Waals surface area contributed by atoms with Gasteiger partial charge >= 0.3 is 5.97 Å². The van der Waals surface area contributed by atoms with Crippen molar-refractivity contribution in [3.8, 4) is 0 Å². The molecule has 0 saturated carbocycles. The van der Waals surface area contributed by atoms with E-state index < -0.39 is 27.6 Å². The number of esters is 1. The fourth-order valence-corrected chi connectivity index (χ4v) is 5.15. The van der Waals surface area contributed by atoms with Crippen LogP contribution in [0.4, 0.5) is 0 Å². The summed E-state index contributed by atoms with van der Waals surface area (Å²) in [6.07, 6.45) is 0. The highest BCUT2D eigenvalue weighted by atomic mass is 35.5. The Morgan fingerprint density at radius 2 is 1.81 bits per heavy atom. The van der Waals surface area contributed by atoms with Crippen LogP contribution in [0.3, 0.4) is 0 Å². The Labute approximate surface area is 214 Å². The molecule has 0 spiro atoms. The Bertz CT molecular complexity index is 1350. The number of carbonyl (C=O) groups excluding carboxylic acids is 2. The molecule has 2 N–H and O–H groups in total. The number of ether oxygens (including phenoxy) is 2. The third kappa shape index (κ3) is 6.64. The molecule has 1 amide bonds. The lowest BCUT2D eigenvalue weighted by molar-refractivity contribution is -0.142. The van der Waals surface area contributed by atoms with Crippen molar-refractivity contribution in [2.75, 3.05) is 32.2 Å². The Balaban J connectivity index is 1.63. The van der Waals surface area contributed by atoms with Crippen molar-refractivity contribution in [2.24, 2.45) is 7.05 Å². The Kier molecular flexibility index (Phi) is 9.13. The first-order valence-corrected chi connectivity index (χ1v) is 13.3. The lowest BCUT2D eigenvalue weighted by atomic mass is 10.1. The summed E-state index contributed by atoms with van der Waals surface area (Å²) in [5.74, 6) is -1.99. The van der Waals surface area contributed by atoms with Crippen LogP contribution < -0.4 is 5.32 Å². The van der Waals surface area contributed by atoms with Gasteiger partial charge in [0, 0.05) is 12.4 Å². The molecule has 194 valence electrons. The summed E-state index contributed by atoms with van der Waals surface area (Å²) < 4.78 is 36.7. The van der Waals surface area contributed by atoms with Crippen molar-refractivity contribution in [1.82, 2.24) is 9.88 Å². The van der Waals surface area contributed by atoms with Gasteiger partial charge in [0.2, 0.25) is 0 Å². The van der Waals surface area contributed by atoms with Gasteiger partial charge in [-0.2, -0.15) is 0 Å². The molecule has 11 heteroatoms. The molecule has 1 unspecified atom stereocenters. The predicted octanol–water partition coefficient (Wildman–Crippen LogP) is 2.96. The van der Waals surface area contributed by atoms with E-state index >= 15 is 0 Å². The van der Waals surface area contributed by atoms with Gasteiger partial charge in [-0.05, 0) is 55.3 Å². The lowest BCUT2D eigenvalue weighted by Gasteiger charge is -2.15. The summed E-state index contributed by atoms with van der Waals surface area (Å²) in [6.45, 7) is 3.64. The zero-order valence-corrected chi connectivity index (χ0v) is 21.9. The van der Waals surface area contributed by atoms with Gasteiger partial charge in [-0.15, -0.1) is 0 Å². The minimum Gasteiger partial charge on any atom is -0.462 e. The van der Waals surface area contributed by atoms with Crippen molar-refractivity contribution < 1.29 is 32.6 Å². The van der Waals surface area contributed by atoms with Crippen molar-refractivity contribution in [1.29, 1.82) is 0 Å². The van der Waals surface area contributed by atoms with E-state index in [2.05, 4.69) is 5.32 Å². The number of benzene rings is 2. The van der Waals surface area contributed by atoms with Gasteiger partial charge in [0.15, 0.2) is 15.6 Å². The van der Waals surface area contributed by atoms with Gasteiger partial charge in [0.05, 0.1) is 41.3 Å². The fourth-order valence-electron chi connectivity index (χ4n) is 3.72. The number of nitrogens with one attached hydrogen (secondary N) is 1. The van der Waals surface area contributed by atoms with Crippen LogP contribution >= 0.6 is 11.6 Å². The van der Waals surface area contributed by atoms with Crippen LogP contribution in [0.15, 0.2) is 47.4 Å². The van der Waals surface area contributed by atoms with Crippen molar-refractivity contribution in [3.63, 3.8) is 0 Å². The Morgan fingerprint density at radius 1 is 1.11 bits per heavy atom. The first-order chi connectivity index (χ1) is 17.0. The molecule has 0 aliphatic carbocycles. The number of aliphatic hydroxyl groups excluding tert-OH is 1. The van der Waals surface area contributed by atoms with E-state index in [4.69, 9.17) is 26.2 Å². The maximum atomic E-state index is 13.0. The first-order valence-electron chi connectivity index (χ1n) is 11.3. The molecular formula is C25H29ClN2O7S. The van der Waals surface area contributed by atoms with Crippen molar-refractivity contribution >= 4 is 44.2 Å². The number of aliphatic hydroxyl groups is 1. The largest absolute Gasteiger partial charge is 0.462 e. The van der Waals surface area contributed by atoms with E-state index in [1.165, 1.54) is 12.1 Å². The maximum absolute atomic E-state index is 13.0. The standard InChI is InChI=1S/C25H29ClN2O7S/c1-16-12-21(26)20-14-23(28(3)22(20)13-16)25(31)27-17(2)18-4-6-19(7-5-18)36(32,33)15-24(30)35-11-10-34-9-8-29/h4-7,12-14,17,29H,8-11,15H2,1-3H3,(H,27,31). The average Bonchev–Trinajstić information content (AvgIpc) is 3.15. The zero-order chi connectivity index (χ0) is 26.5. The van der Waals surface area contributed by atoms with Gasteiger partial charge in [0.25, 0.3) is 5.91 Å². The van der Waals surface area contributed by atoms with Crippen LogP contribution in [0, 0.1) is 6.92 Å². The normalized spacial score (nSPS) is 12.5. The van der Waals surface area contributed by atoms with E-state index in [0.717, 1.165) is 16.5 Å². The molecule has 9 nitrogen and oxygen atoms in total. The average molecular weight is 537 g/mol. The SMILES string of the molecule is Cc1cc(Cl)c2cc(C(=O)NC(C)c3ccc(S(=O)(=O)CC(=O)OCCOCCO)cc3)n(C)c2c1.